The van der Waals surface area contributed by atoms with Crippen LogP contribution in [0.3, 0.4) is 0 Å². The maximum absolute atomic E-state index is 14.6. The summed E-state index contributed by atoms with van der Waals surface area (Å²) in [5.74, 6) is -7.20. The second-order valence-corrected chi connectivity index (χ2v) is 13.4. The van der Waals surface area contributed by atoms with E-state index in [0.717, 1.165) is 0 Å². The standard InChI is InChI=1S/C21H14Cl8O5/c22-12-14(24)18(28)9-7(16(12,26)20(18)31-3-4-32-20)1-2-8-10(11(9)30)19(29)15(25)13(23)17(8,27)21(19)33-5-6-34-21/h1-2,7-10H,3-6H2/t7-,8-,9-,10-,16+,17+,18+,19+/m0/s1. The molecule has 184 valence electrons. The van der Waals surface area contributed by atoms with Crippen molar-refractivity contribution >= 4 is 98.6 Å². The van der Waals surface area contributed by atoms with Gasteiger partial charge >= 0.3 is 0 Å². The van der Waals surface area contributed by atoms with E-state index in [2.05, 4.69) is 0 Å². The molecule has 2 saturated heterocycles. The van der Waals surface area contributed by atoms with E-state index >= 15 is 0 Å². The number of hydrogen-bond acceptors (Lipinski definition) is 5. The minimum atomic E-state index is -1.70. The highest BCUT2D eigenvalue weighted by molar-refractivity contribution is 6.54. The molecule has 0 unspecified atom stereocenters. The predicted molar refractivity (Wildman–Crippen MR) is 129 cm³/mol. The highest BCUT2D eigenvalue weighted by Crippen LogP contribution is 2.80. The van der Waals surface area contributed by atoms with Crippen molar-refractivity contribution in [3.63, 3.8) is 0 Å². The minimum absolute atomic E-state index is 0.00398. The zero-order chi connectivity index (χ0) is 24.3. The van der Waals surface area contributed by atoms with E-state index in [-0.39, 0.29) is 52.3 Å². The van der Waals surface area contributed by atoms with Gasteiger partial charge in [0.25, 0.3) is 0 Å². The summed E-state index contributed by atoms with van der Waals surface area (Å²) in [5, 5.41) is 0.167. The fourth-order valence-corrected chi connectivity index (χ4v) is 11.6. The van der Waals surface area contributed by atoms with Crippen LogP contribution in [0.1, 0.15) is 0 Å². The molecule has 4 fully saturated rings. The topological polar surface area (TPSA) is 54.0 Å². The molecule has 2 heterocycles. The summed E-state index contributed by atoms with van der Waals surface area (Å²) in [6.45, 7) is 0.833. The average molecular weight is 630 g/mol. The van der Waals surface area contributed by atoms with Crippen LogP contribution in [0.4, 0.5) is 0 Å². The van der Waals surface area contributed by atoms with E-state index in [1.54, 1.807) is 12.2 Å². The van der Waals surface area contributed by atoms with Crippen LogP contribution >= 0.6 is 92.8 Å². The molecule has 2 aliphatic heterocycles. The van der Waals surface area contributed by atoms with E-state index in [1.165, 1.54) is 0 Å². The summed E-state index contributed by atoms with van der Waals surface area (Å²) < 4.78 is 24.1. The van der Waals surface area contributed by atoms with Gasteiger partial charge in [-0.15, -0.1) is 46.4 Å². The summed E-state index contributed by atoms with van der Waals surface area (Å²) in [6.07, 6.45) is 3.52. The van der Waals surface area contributed by atoms with Gasteiger partial charge in [-0.05, 0) is 0 Å². The van der Waals surface area contributed by atoms with E-state index in [0.29, 0.717) is 0 Å². The van der Waals surface area contributed by atoms with Crippen molar-refractivity contribution in [1.29, 1.82) is 0 Å². The van der Waals surface area contributed by atoms with Crippen LogP contribution in [-0.4, -0.2) is 63.3 Å². The molecule has 2 saturated carbocycles. The molecule has 7 aliphatic rings. The zero-order valence-corrected chi connectivity index (χ0v) is 22.9. The van der Waals surface area contributed by atoms with Gasteiger partial charge in [-0.25, -0.2) is 0 Å². The number of alkyl halides is 4. The van der Waals surface area contributed by atoms with Crippen LogP contribution in [-0.2, 0) is 23.7 Å². The third-order valence-electron chi connectivity index (χ3n) is 8.60. The SMILES string of the molecule is O=C1[C@@H]2[C@H](C=C[C@H]3[C@@H]1[C@@]1(Cl)C(Cl)=C(Cl)[C@@]3(Cl)C13OCCO3)[C@@]1(Cl)C(Cl)=C(Cl)[C@@]2(Cl)C12OCCO2. The van der Waals surface area contributed by atoms with Gasteiger partial charge in [0, 0.05) is 11.8 Å². The van der Waals surface area contributed by atoms with E-state index < -0.39 is 54.7 Å². The van der Waals surface area contributed by atoms with Crippen molar-refractivity contribution in [3.05, 3.63) is 32.3 Å². The van der Waals surface area contributed by atoms with Crippen molar-refractivity contribution in [2.24, 2.45) is 23.7 Å². The molecule has 0 aromatic rings. The molecule has 7 rings (SSSR count). The molecule has 4 bridgehead atoms. The Labute approximate surface area is 234 Å². The number of hydrogen-bond donors (Lipinski definition) is 0. The first-order valence-electron chi connectivity index (χ1n) is 10.6. The molecule has 2 spiro atoms. The van der Waals surface area contributed by atoms with Gasteiger partial charge in [0.15, 0.2) is 0 Å². The Hall–Kier alpha value is 1.05. The lowest BCUT2D eigenvalue weighted by atomic mass is 9.72. The highest BCUT2D eigenvalue weighted by atomic mass is 35.5. The van der Waals surface area contributed by atoms with Crippen molar-refractivity contribution in [3.8, 4) is 0 Å². The van der Waals surface area contributed by atoms with Gasteiger partial charge in [0.05, 0.1) is 58.4 Å². The number of allylic oxidation sites excluding steroid dienone is 2. The van der Waals surface area contributed by atoms with Crippen LogP contribution in [0.15, 0.2) is 32.3 Å². The first kappa shape index (κ1) is 24.1. The monoisotopic (exact) mass is 626 g/mol. The fraction of sp³-hybridized carbons (Fsp3) is 0.667. The molecule has 34 heavy (non-hydrogen) atoms. The van der Waals surface area contributed by atoms with Crippen molar-refractivity contribution in [2.45, 2.75) is 31.1 Å². The molecule has 13 heteroatoms. The number of Topliss-reactive ketones (excluding diaryl/α,β-unsaturated/α-hetero) is 1. The summed E-state index contributed by atoms with van der Waals surface area (Å²) in [5.41, 5.74) is 0. The number of carbonyl (C=O) groups is 1. The number of fused-ring (bicyclic) bond motifs is 6. The summed E-state index contributed by atoms with van der Waals surface area (Å²) in [4.78, 5) is 8.07. The van der Waals surface area contributed by atoms with E-state index in [4.69, 9.17) is 112 Å². The Morgan fingerprint density at radius 1 is 0.588 bits per heavy atom. The van der Waals surface area contributed by atoms with Gasteiger partial charge in [-0.1, -0.05) is 58.6 Å². The largest absolute Gasteiger partial charge is 0.344 e. The predicted octanol–water partition coefficient (Wildman–Crippen LogP) is 5.42. The molecule has 0 amide bonds. The lowest BCUT2D eigenvalue weighted by Gasteiger charge is -2.41. The normalized spacial score (nSPS) is 53.6. The third-order valence-corrected chi connectivity index (χ3v) is 13.9. The second kappa shape index (κ2) is 6.78. The van der Waals surface area contributed by atoms with Crippen molar-refractivity contribution in [1.82, 2.24) is 0 Å². The molecule has 0 aromatic carbocycles. The van der Waals surface area contributed by atoms with Gasteiger partial charge < -0.3 is 18.9 Å². The van der Waals surface area contributed by atoms with E-state index in [9.17, 15) is 4.79 Å². The van der Waals surface area contributed by atoms with Gasteiger partial charge in [-0.3, -0.25) is 4.79 Å². The third kappa shape index (κ3) is 1.95. The number of carbonyl (C=O) groups excluding carboxylic acids is 1. The van der Waals surface area contributed by atoms with Crippen LogP contribution in [0, 0.1) is 23.7 Å². The highest BCUT2D eigenvalue weighted by Gasteiger charge is 2.91. The summed E-state index contributed by atoms with van der Waals surface area (Å²) in [6, 6.07) is 0. The number of ketones is 1. The Morgan fingerprint density at radius 2 is 0.882 bits per heavy atom. The Kier molecular flexibility index (Phi) is 4.81. The fourth-order valence-electron chi connectivity index (χ4n) is 7.45. The zero-order valence-electron chi connectivity index (χ0n) is 16.9. The number of ether oxygens (including phenoxy) is 4. The quantitative estimate of drug-likeness (QED) is 0.265. The first-order chi connectivity index (χ1) is 15.9. The van der Waals surface area contributed by atoms with Gasteiger partial charge in [0.1, 0.15) is 25.3 Å². The van der Waals surface area contributed by atoms with Crippen LogP contribution < -0.4 is 0 Å². The first-order valence-corrected chi connectivity index (χ1v) is 13.6. The van der Waals surface area contributed by atoms with E-state index in [1.807, 2.05) is 0 Å². The van der Waals surface area contributed by atoms with Crippen LogP contribution in [0.25, 0.3) is 0 Å². The Morgan fingerprint density at radius 3 is 1.21 bits per heavy atom. The molecule has 5 nitrogen and oxygen atoms in total. The van der Waals surface area contributed by atoms with Crippen molar-refractivity contribution < 1.29 is 23.7 Å². The maximum Gasteiger partial charge on any atom is 0.219 e. The van der Waals surface area contributed by atoms with Crippen LogP contribution in [0.2, 0.25) is 0 Å². The molecule has 0 N–H and O–H groups in total. The van der Waals surface area contributed by atoms with Gasteiger partial charge in [0.2, 0.25) is 11.6 Å². The number of halogens is 8. The smallest absolute Gasteiger partial charge is 0.219 e. The molecule has 0 radical (unpaired) electrons. The molecular formula is C21H14Cl8O5. The maximum atomic E-state index is 14.6. The Bertz CT molecular complexity index is 1070. The lowest BCUT2D eigenvalue weighted by Crippen LogP contribution is -2.58. The summed E-state index contributed by atoms with van der Waals surface area (Å²) in [7, 11) is 0. The molecule has 5 aliphatic carbocycles. The Balaban J connectivity index is 1.48. The molecule has 8 atom stereocenters. The van der Waals surface area contributed by atoms with Crippen LogP contribution in [0.5, 0.6) is 0 Å². The molecule has 0 aromatic heterocycles. The lowest BCUT2D eigenvalue weighted by molar-refractivity contribution is -0.176. The van der Waals surface area contributed by atoms with Gasteiger partial charge in [-0.2, -0.15) is 0 Å². The van der Waals surface area contributed by atoms with Crippen molar-refractivity contribution in [2.75, 3.05) is 26.4 Å². The average Bonchev–Trinajstić information content (AvgIpc) is 3.58. The number of rotatable bonds is 0. The minimum Gasteiger partial charge on any atom is -0.344 e. The summed E-state index contributed by atoms with van der Waals surface area (Å²) >= 11 is 55.6. The molecular weight excluding hydrogens is 616 g/mol. The second-order valence-electron chi connectivity index (χ2n) is 9.52.